The van der Waals surface area contributed by atoms with Gasteiger partial charge in [-0.2, -0.15) is 0 Å². The van der Waals surface area contributed by atoms with Crippen LogP contribution in [0.3, 0.4) is 0 Å². The van der Waals surface area contributed by atoms with Crippen LogP contribution in [0, 0.1) is 5.92 Å². The minimum atomic E-state index is -0.435. The Morgan fingerprint density at radius 3 is 2.17 bits per heavy atom. The van der Waals surface area contributed by atoms with Gasteiger partial charge in [-0.05, 0) is 5.92 Å². The molecule has 7 heteroatoms. The van der Waals surface area contributed by atoms with Gasteiger partial charge in [-0.15, -0.1) is 0 Å². The van der Waals surface area contributed by atoms with Crippen LogP contribution in [0.5, 0.6) is 0 Å². The van der Waals surface area contributed by atoms with Crippen molar-refractivity contribution < 1.29 is 14.3 Å². The number of nitrogens with two attached hydrogens (primary N) is 1. The second kappa shape index (κ2) is 8.61. The summed E-state index contributed by atoms with van der Waals surface area (Å²) in [7, 11) is 0. The van der Waals surface area contributed by atoms with E-state index in [2.05, 4.69) is 4.90 Å². The molecule has 0 spiro atoms. The second-order valence-electron chi connectivity index (χ2n) is 6.51. The molecule has 0 aromatic rings. The smallest absolute Gasteiger partial charge is 0.239 e. The van der Waals surface area contributed by atoms with Gasteiger partial charge in [0, 0.05) is 39.3 Å². The number of ether oxygens (including phenoxy) is 1. The van der Waals surface area contributed by atoms with Gasteiger partial charge in [0.15, 0.2) is 0 Å². The van der Waals surface area contributed by atoms with Gasteiger partial charge in [0.2, 0.25) is 11.8 Å². The Kier molecular flexibility index (Phi) is 6.80. The van der Waals surface area contributed by atoms with Crippen molar-refractivity contribution in [1.29, 1.82) is 0 Å². The number of hydrogen-bond acceptors (Lipinski definition) is 5. The molecule has 0 aromatic carbocycles. The van der Waals surface area contributed by atoms with Crippen molar-refractivity contribution in [2.45, 2.75) is 26.3 Å². The summed E-state index contributed by atoms with van der Waals surface area (Å²) < 4.78 is 5.30. The van der Waals surface area contributed by atoms with Gasteiger partial charge in [0.05, 0.1) is 25.8 Å². The van der Waals surface area contributed by atoms with E-state index in [0.717, 1.165) is 19.5 Å². The predicted octanol–water partition coefficient (Wildman–Crippen LogP) is -0.637. The molecule has 0 aromatic heterocycles. The summed E-state index contributed by atoms with van der Waals surface area (Å²) in [6, 6.07) is -0.435. The van der Waals surface area contributed by atoms with Crippen molar-refractivity contribution in [3.63, 3.8) is 0 Å². The molecular formula is C16H30N4O3. The molecule has 2 aliphatic rings. The summed E-state index contributed by atoms with van der Waals surface area (Å²) >= 11 is 0. The Balaban J connectivity index is 1.76. The lowest BCUT2D eigenvalue weighted by Gasteiger charge is -2.37. The number of morpholine rings is 1. The van der Waals surface area contributed by atoms with E-state index in [1.165, 1.54) is 0 Å². The molecule has 2 N–H and O–H groups in total. The molecule has 0 bridgehead atoms. The third-order valence-electron chi connectivity index (χ3n) is 4.95. The van der Waals surface area contributed by atoms with Crippen LogP contribution < -0.4 is 5.73 Å². The van der Waals surface area contributed by atoms with E-state index in [0.29, 0.717) is 45.9 Å². The summed E-state index contributed by atoms with van der Waals surface area (Å²) in [6.07, 6.45) is 0.894. The van der Waals surface area contributed by atoms with Gasteiger partial charge < -0.3 is 20.3 Å². The van der Waals surface area contributed by atoms with Crippen molar-refractivity contribution in [1.82, 2.24) is 14.7 Å². The number of piperazine rings is 1. The molecule has 23 heavy (non-hydrogen) atoms. The highest BCUT2D eigenvalue weighted by molar-refractivity contribution is 5.83. The van der Waals surface area contributed by atoms with Gasteiger partial charge in [-0.1, -0.05) is 20.3 Å². The molecule has 2 heterocycles. The average Bonchev–Trinajstić information content (AvgIpc) is 2.60. The minimum absolute atomic E-state index is 0.0135. The number of nitrogens with zero attached hydrogens (tertiary/aromatic N) is 3. The predicted molar refractivity (Wildman–Crippen MR) is 87.8 cm³/mol. The zero-order valence-corrected chi connectivity index (χ0v) is 14.4. The molecule has 7 nitrogen and oxygen atoms in total. The highest BCUT2D eigenvalue weighted by Gasteiger charge is 2.29. The van der Waals surface area contributed by atoms with Gasteiger partial charge >= 0.3 is 0 Å². The summed E-state index contributed by atoms with van der Waals surface area (Å²) in [5.41, 5.74) is 6.03. The van der Waals surface area contributed by atoms with E-state index in [9.17, 15) is 9.59 Å². The molecule has 2 amide bonds. The molecule has 2 atom stereocenters. The summed E-state index contributed by atoms with van der Waals surface area (Å²) in [5, 5.41) is 0. The Hall–Kier alpha value is -1.18. The summed E-state index contributed by atoms with van der Waals surface area (Å²) in [6.45, 7) is 9.88. The fourth-order valence-corrected chi connectivity index (χ4v) is 2.93. The lowest BCUT2D eigenvalue weighted by Crippen LogP contribution is -2.56. The van der Waals surface area contributed by atoms with E-state index in [-0.39, 0.29) is 17.7 Å². The molecule has 2 unspecified atom stereocenters. The zero-order chi connectivity index (χ0) is 16.8. The maximum absolute atomic E-state index is 12.4. The minimum Gasteiger partial charge on any atom is -0.379 e. The Labute approximate surface area is 138 Å². The average molecular weight is 326 g/mol. The molecule has 0 radical (unpaired) electrons. The standard InChI is InChI=1S/C16H30N4O3/c1-3-13(2)15(17)16(22)20-6-4-19(5-7-20)14(21)12-18-8-10-23-11-9-18/h13,15H,3-12,17H2,1-2H3. The molecular weight excluding hydrogens is 296 g/mol. The Morgan fingerprint density at radius 1 is 1.04 bits per heavy atom. The Bertz CT molecular complexity index is 404. The summed E-state index contributed by atoms with van der Waals surface area (Å²) in [5.74, 6) is 0.341. The molecule has 132 valence electrons. The van der Waals surface area contributed by atoms with Crippen LogP contribution in [0.15, 0.2) is 0 Å². The summed E-state index contributed by atoms with van der Waals surface area (Å²) in [4.78, 5) is 30.5. The van der Waals surface area contributed by atoms with E-state index in [1.54, 1.807) is 4.90 Å². The van der Waals surface area contributed by atoms with Crippen LogP contribution in [0.2, 0.25) is 0 Å². The molecule has 2 aliphatic heterocycles. The van der Waals surface area contributed by atoms with Crippen molar-refractivity contribution in [2.24, 2.45) is 11.7 Å². The zero-order valence-electron chi connectivity index (χ0n) is 14.4. The monoisotopic (exact) mass is 326 g/mol. The van der Waals surface area contributed by atoms with E-state index in [1.807, 2.05) is 18.7 Å². The van der Waals surface area contributed by atoms with Gasteiger partial charge in [0.1, 0.15) is 0 Å². The molecule has 2 rings (SSSR count). The first-order valence-corrected chi connectivity index (χ1v) is 8.65. The fourth-order valence-electron chi connectivity index (χ4n) is 2.93. The van der Waals surface area contributed by atoms with Crippen LogP contribution >= 0.6 is 0 Å². The second-order valence-corrected chi connectivity index (χ2v) is 6.51. The lowest BCUT2D eigenvalue weighted by molar-refractivity contribution is -0.142. The third kappa shape index (κ3) is 4.89. The SMILES string of the molecule is CCC(C)C(N)C(=O)N1CCN(C(=O)CN2CCOCC2)CC1. The van der Waals surface area contributed by atoms with Gasteiger partial charge in [0.25, 0.3) is 0 Å². The number of carbonyl (C=O) groups excluding carboxylic acids is 2. The van der Waals surface area contributed by atoms with Gasteiger partial charge in [-0.25, -0.2) is 0 Å². The third-order valence-corrected chi connectivity index (χ3v) is 4.95. The van der Waals surface area contributed by atoms with Crippen molar-refractivity contribution >= 4 is 11.8 Å². The number of carbonyl (C=O) groups is 2. The number of amides is 2. The first kappa shape index (κ1) is 18.2. The van der Waals surface area contributed by atoms with Crippen LogP contribution in [0.4, 0.5) is 0 Å². The largest absolute Gasteiger partial charge is 0.379 e. The topological polar surface area (TPSA) is 79.1 Å². The number of rotatable bonds is 5. The van der Waals surface area contributed by atoms with Crippen molar-refractivity contribution in [3.05, 3.63) is 0 Å². The number of hydrogen-bond donors (Lipinski definition) is 1. The first-order valence-electron chi connectivity index (χ1n) is 8.65. The lowest BCUT2D eigenvalue weighted by atomic mass is 9.98. The van der Waals surface area contributed by atoms with Crippen LogP contribution in [-0.4, -0.2) is 91.6 Å². The maximum Gasteiger partial charge on any atom is 0.239 e. The van der Waals surface area contributed by atoms with Crippen LogP contribution in [-0.2, 0) is 14.3 Å². The van der Waals surface area contributed by atoms with Crippen molar-refractivity contribution in [2.75, 3.05) is 59.0 Å². The van der Waals surface area contributed by atoms with Gasteiger partial charge in [-0.3, -0.25) is 14.5 Å². The van der Waals surface area contributed by atoms with E-state index >= 15 is 0 Å². The van der Waals surface area contributed by atoms with Crippen LogP contribution in [0.25, 0.3) is 0 Å². The maximum atomic E-state index is 12.4. The quantitative estimate of drug-likeness (QED) is 0.727. The van der Waals surface area contributed by atoms with E-state index < -0.39 is 6.04 Å². The highest BCUT2D eigenvalue weighted by atomic mass is 16.5. The van der Waals surface area contributed by atoms with Crippen LogP contribution in [0.1, 0.15) is 20.3 Å². The van der Waals surface area contributed by atoms with Crippen molar-refractivity contribution in [3.8, 4) is 0 Å². The fraction of sp³-hybridized carbons (Fsp3) is 0.875. The molecule has 0 saturated carbocycles. The normalized spacial score (nSPS) is 22.7. The molecule has 2 saturated heterocycles. The molecule has 0 aliphatic carbocycles. The Morgan fingerprint density at radius 2 is 1.61 bits per heavy atom. The highest BCUT2D eigenvalue weighted by Crippen LogP contribution is 2.11. The first-order chi connectivity index (χ1) is 11.0. The van der Waals surface area contributed by atoms with E-state index in [4.69, 9.17) is 10.5 Å². The molecule has 2 fully saturated rings.